The van der Waals surface area contributed by atoms with E-state index in [0.29, 0.717) is 41.0 Å². The Morgan fingerprint density at radius 3 is 2.74 bits per heavy atom. The molecule has 0 spiro atoms. The maximum Gasteiger partial charge on any atom is 0.253 e. The van der Waals surface area contributed by atoms with Gasteiger partial charge in [-0.1, -0.05) is 11.6 Å². The lowest BCUT2D eigenvalue weighted by Gasteiger charge is -2.31. The van der Waals surface area contributed by atoms with Crippen molar-refractivity contribution in [2.75, 3.05) is 23.7 Å². The lowest BCUT2D eigenvalue weighted by molar-refractivity contribution is -0.122. The van der Waals surface area contributed by atoms with E-state index in [1.165, 1.54) is 0 Å². The first-order chi connectivity index (χ1) is 16.9. The number of rotatable bonds is 4. The molecule has 0 bridgehead atoms. The molecule has 1 atom stereocenters. The van der Waals surface area contributed by atoms with Crippen LogP contribution in [0, 0.1) is 5.92 Å². The summed E-state index contributed by atoms with van der Waals surface area (Å²) in [6, 6.07) is 12.4. The number of ketones is 1. The summed E-state index contributed by atoms with van der Waals surface area (Å²) in [5, 5.41) is 6.56. The number of nitrogens with zero attached hydrogens (tertiary/aromatic N) is 3. The van der Waals surface area contributed by atoms with Gasteiger partial charge in [0.25, 0.3) is 5.91 Å². The van der Waals surface area contributed by atoms with Crippen LogP contribution in [0.25, 0.3) is 11.3 Å². The van der Waals surface area contributed by atoms with Gasteiger partial charge in [0.05, 0.1) is 17.8 Å². The van der Waals surface area contributed by atoms with Crippen LogP contribution >= 0.6 is 11.6 Å². The molecule has 3 aromatic rings. The lowest BCUT2D eigenvalue weighted by Crippen LogP contribution is -2.41. The van der Waals surface area contributed by atoms with E-state index in [4.69, 9.17) is 11.6 Å². The van der Waals surface area contributed by atoms with Crippen LogP contribution in [0.3, 0.4) is 0 Å². The molecule has 35 heavy (non-hydrogen) atoms. The van der Waals surface area contributed by atoms with Crippen LogP contribution in [0.4, 0.5) is 17.3 Å². The van der Waals surface area contributed by atoms with Crippen molar-refractivity contribution in [2.45, 2.75) is 26.2 Å². The second-order valence-corrected chi connectivity index (χ2v) is 9.32. The normalized spacial score (nSPS) is 17.0. The zero-order valence-electron chi connectivity index (χ0n) is 19.2. The Morgan fingerprint density at radius 1 is 1.17 bits per heavy atom. The van der Waals surface area contributed by atoms with E-state index in [1.807, 2.05) is 6.07 Å². The zero-order chi connectivity index (χ0) is 24.5. The van der Waals surface area contributed by atoms with Gasteiger partial charge in [-0.25, -0.2) is 9.97 Å². The highest BCUT2D eigenvalue weighted by atomic mass is 35.5. The summed E-state index contributed by atoms with van der Waals surface area (Å²) in [5.74, 6) is 0.203. The van der Waals surface area contributed by atoms with Crippen molar-refractivity contribution in [1.29, 1.82) is 0 Å². The molecule has 1 unspecified atom stereocenters. The van der Waals surface area contributed by atoms with E-state index < -0.39 is 0 Å². The number of aromatic nitrogens is 2. The fourth-order valence-electron chi connectivity index (χ4n) is 4.52. The first-order valence-electron chi connectivity index (χ1n) is 11.5. The zero-order valence-corrected chi connectivity index (χ0v) is 19.9. The third kappa shape index (κ3) is 4.88. The number of carbonyl (C=O) groups excluding carboxylic acids is 3. The predicted octanol–water partition coefficient (Wildman–Crippen LogP) is 4.48. The number of halogens is 1. The monoisotopic (exact) mass is 489 g/mol. The summed E-state index contributed by atoms with van der Waals surface area (Å²) in [7, 11) is 0. The Labute approximate surface area is 207 Å². The molecule has 2 amide bonds. The fourth-order valence-corrected chi connectivity index (χ4v) is 4.70. The molecule has 0 saturated carbocycles. The van der Waals surface area contributed by atoms with E-state index in [2.05, 4.69) is 20.6 Å². The molecule has 1 aromatic heterocycles. The number of Topliss-reactive ketones (excluding diaryl/α,β-unsaturated/α-hetero) is 1. The Bertz CT molecular complexity index is 1330. The molecular formula is C26H24ClN5O3. The number of hydrogen-bond donors (Lipinski definition) is 2. The average molecular weight is 490 g/mol. The Morgan fingerprint density at radius 2 is 1.97 bits per heavy atom. The molecule has 2 aromatic carbocycles. The second kappa shape index (κ2) is 9.46. The number of nitrogens with one attached hydrogen (secondary N) is 2. The fraction of sp³-hybridized carbons (Fsp3) is 0.269. The summed E-state index contributed by atoms with van der Waals surface area (Å²) in [6.07, 6.45) is 3.49. The van der Waals surface area contributed by atoms with Gasteiger partial charge in [0.15, 0.2) is 0 Å². The van der Waals surface area contributed by atoms with Crippen molar-refractivity contribution in [3.05, 3.63) is 64.8 Å². The number of hydrogen-bond acceptors (Lipinski definition) is 6. The highest BCUT2D eigenvalue weighted by Crippen LogP contribution is 2.35. The van der Waals surface area contributed by atoms with Gasteiger partial charge in [0.2, 0.25) is 11.9 Å². The smallest absolute Gasteiger partial charge is 0.253 e. The van der Waals surface area contributed by atoms with Gasteiger partial charge < -0.3 is 15.5 Å². The number of piperidine rings is 1. The van der Waals surface area contributed by atoms with Crippen molar-refractivity contribution in [3.63, 3.8) is 0 Å². The van der Waals surface area contributed by atoms with Crippen LogP contribution in [0.5, 0.6) is 0 Å². The summed E-state index contributed by atoms with van der Waals surface area (Å²) < 4.78 is 0. The van der Waals surface area contributed by atoms with Crippen LogP contribution in [0.2, 0.25) is 5.02 Å². The third-order valence-electron chi connectivity index (χ3n) is 6.40. The molecule has 178 valence electrons. The molecule has 1 saturated heterocycles. The Hall–Kier alpha value is -3.78. The topological polar surface area (TPSA) is 104 Å². The molecule has 8 nitrogen and oxygen atoms in total. The van der Waals surface area contributed by atoms with Gasteiger partial charge in [-0.2, -0.15) is 0 Å². The number of amides is 2. The van der Waals surface area contributed by atoms with Crippen molar-refractivity contribution in [1.82, 2.24) is 14.9 Å². The minimum Gasteiger partial charge on any atom is -0.338 e. The van der Waals surface area contributed by atoms with Gasteiger partial charge in [0, 0.05) is 52.6 Å². The maximum atomic E-state index is 12.9. The number of anilines is 3. The Kier molecular flexibility index (Phi) is 6.21. The van der Waals surface area contributed by atoms with Gasteiger partial charge in [-0.05, 0) is 62.2 Å². The van der Waals surface area contributed by atoms with E-state index in [0.717, 1.165) is 29.7 Å². The van der Waals surface area contributed by atoms with Crippen molar-refractivity contribution in [3.8, 4) is 11.3 Å². The van der Waals surface area contributed by atoms with Crippen LogP contribution < -0.4 is 10.6 Å². The molecule has 3 heterocycles. The summed E-state index contributed by atoms with van der Waals surface area (Å²) in [5.41, 5.74) is 4.05. The molecule has 1 fully saturated rings. The molecule has 5 rings (SSSR count). The van der Waals surface area contributed by atoms with E-state index in [9.17, 15) is 14.4 Å². The molecule has 2 aliphatic heterocycles. The van der Waals surface area contributed by atoms with Gasteiger partial charge in [-0.15, -0.1) is 0 Å². The first-order valence-corrected chi connectivity index (χ1v) is 11.9. The largest absolute Gasteiger partial charge is 0.338 e. The minimum atomic E-state index is -0.153. The van der Waals surface area contributed by atoms with Gasteiger partial charge in [0.1, 0.15) is 5.78 Å². The Balaban J connectivity index is 1.35. The predicted molar refractivity (Wildman–Crippen MR) is 134 cm³/mol. The third-order valence-corrected chi connectivity index (χ3v) is 6.63. The molecule has 2 aliphatic rings. The van der Waals surface area contributed by atoms with E-state index >= 15 is 0 Å². The SMILES string of the molecule is CC(=O)C1CCCN(C(=O)c2ccc(Nc3ncc4c(n3)-c3ccc(Cl)cc3NC(=O)C4)cc2)C1. The van der Waals surface area contributed by atoms with Crippen molar-refractivity contribution in [2.24, 2.45) is 5.92 Å². The van der Waals surface area contributed by atoms with E-state index in [1.54, 1.807) is 54.4 Å². The second-order valence-electron chi connectivity index (χ2n) is 8.89. The molecule has 0 radical (unpaired) electrons. The number of carbonyl (C=O) groups is 3. The summed E-state index contributed by atoms with van der Waals surface area (Å²) >= 11 is 6.11. The molecule has 9 heteroatoms. The van der Waals surface area contributed by atoms with Crippen LogP contribution in [-0.4, -0.2) is 45.6 Å². The minimum absolute atomic E-state index is 0.0729. The first kappa shape index (κ1) is 23.0. The van der Waals surface area contributed by atoms with Crippen molar-refractivity contribution >= 4 is 46.5 Å². The molecular weight excluding hydrogens is 466 g/mol. The van der Waals surface area contributed by atoms with Crippen LogP contribution in [0.1, 0.15) is 35.7 Å². The summed E-state index contributed by atoms with van der Waals surface area (Å²) in [4.78, 5) is 47.7. The lowest BCUT2D eigenvalue weighted by atomic mass is 9.94. The van der Waals surface area contributed by atoms with Crippen LogP contribution in [-0.2, 0) is 16.0 Å². The molecule has 2 N–H and O–H groups in total. The van der Waals surface area contributed by atoms with Gasteiger partial charge in [-0.3, -0.25) is 14.4 Å². The van der Waals surface area contributed by atoms with Crippen LogP contribution in [0.15, 0.2) is 48.7 Å². The quantitative estimate of drug-likeness (QED) is 0.560. The van der Waals surface area contributed by atoms with Gasteiger partial charge >= 0.3 is 0 Å². The number of likely N-dealkylation sites (tertiary alicyclic amines) is 1. The maximum absolute atomic E-state index is 12.9. The van der Waals surface area contributed by atoms with Crippen molar-refractivity contribution < 1.29 is 14.4 Å². The highest BCUT2D eigenvalue weighted by Gasteiger charge is 2.27. The number of benzene rings is 2. The standard InChI is InChI=1S/C26H24ClN5O3/c1-15(33)17-3-2-10-32(14-17)25(35)16-4-7-20(8-5-16)29-26-28-13-18-11-23(34)30-22-12-19(27)6-9-21(22)24(18)31-26/h4-9,12-13,17H,2-3,10-11,14H2,1H3,(H,30,34)(H,28,29,31). The number of fused-ring (bicyclic) bond motifs is 3. The average Bonchev–Trinajstić information content (AvgIpc) is 2.98. The highest BCUT2D eigenvalue weighted by molar-refractivity contribution is 6.31. The van der Waals surface area contributed by atoms with E-state index in [-0.39, 0.29) is 29.9 Å². The summed E-state index contributed by atoms with van der Waals surface area (Å²) in [6.45, 7) is 2.72. The molecule has 0 aliphatic carbocycles.